The molecule has 4 atom stereocenters. The van der Waals surface area contributed by atoms with E-state index in [0.29, 0.717) is 26.2 Å². The van der Waals surface area contributed by atoms with Gasteiger partial charge in [-0.3, -0.25) is 0 Å². The Balaban J connectivity index is 2.07. The zero-order chi connectivity index (χ0) is 12.7. The van der Waals surface area contributed by atoms with Crippen LogP contribution in [0, 0.1) is 0 Å². The zero-order valence-corrected chi connectivity index (χ0v) is 9.71. The normalized spacial score (nSPS) is 33.9. The summed E-state index contributed by atoms with van der Waals surface area (Å²) in [6.45, 7) is 2.51. The second kappa shape index (κ2) is 7.93. The van der Waals surface area contributed by atoms with E-state index < -0.39 is 18.5 Å². The Kier molecular flexibility index (Phi) is 6.90. The third-order valence-corrected chi connectivity index (χ3v) is 2.64. The summed E-state index contributed by atoms with van der Waals surface area (Å²) < 4.78 is 5.01. The van der Waals surface area contributed by atoms with E-state index in [9.17, 15) is 15.3 Å². The Hall–Kier alpha value is -0.280. The molecule has 1 rings (SSSR count). The van der Waals surface area contributed by atoms with Crippen molar-refractivity contribution in [1.29, 1.82) is 0 Å². The lowest BCUT2D eigenvalue weighted by Crippen LogP contribution is -2.56. The minimum absolute atomic E-state index is 0.105. The fraction of sp³-hybridized carbons (Fsp3) is 1.00. The van der Waals surface area contributed by atoms with Crippen LogP contribution < -0.4 is 15.7 Å². The van der Waals surface area contributed by atoms with Gasteiger partial charge in [-0.25, -0.2) is 0 Å². The number of ether oxygens (including phenoxy) is 1. The summed E-state index contributed by atoms with van der Waals surface area (Å²) in [6, 6.07) is 0. The van der Waals surface area contributed by atoms with Gasteiger partial charge in [0.25, 0.3) is 0 Å². The van der Waals surface area contributed by atoms with Gasteiger partial charge < -0.3 is 35.8 Å². The van der Waals surface area contributed by atoms with Crippen LogP contribution in [0.2, 0.25) is 0 Å². The molecule has 1 heterocycles. The molecule has 0 radical (unpaired) electrons. The van der Waals surface area contributed by atoms with E-state index in [1.807, 2.05) is 0 Å². The van der Waals surface area contributed by atoms with Gasteiger partial charge in [0.15, 0.2) is 0 Å². The van der Waals surface area contributed by atoms with Gasteiger partial charge in [0.2, 0.25) is 0 Å². The van der Waals surface area contributed by atoms with Crippen LogP contribution in [0.4, 0.5) is 0 Å². The van der Waals surface area contributed by atoms with Crippen LogP contribution in [0.25, 0.3) is 0 Å². The average Bonchev–Trinajstić information content (AvgIpc) is 2.30. The fourth-order valence-electron chi connectivity index (χ4n) is 1.69. The van der Waals surface area contributed by atoms with Crippen molar-refractivity contribution < 1.29 is 25.2 Å². The predicted molar refractivity (Wildman–Crippen MR) is 58.1 cm³/mol. The summed E-state index contributed by atoms with van der Waals surface area (Å²) in [7, 11) is 0. The van der Waals surface area contributed by atoms with Gasteiger partial charge >= 0.3 is 0 Å². The molecule has 0 aromatic heterocycles. The predicted octanol–water partition coefficient (Wildman–Crippen LogP) is -3.64. The Morgan fingerprint density at radius 1 is 1.18 bits per heavy atom. The van der Waals surface area contributed by atoms with Crippen molar-refractivity contribution in [3.63, 3.8) is 0 Å². The van der Waals surface area contributed by atoms with E-state index in [1.165, 1.54) is 0 Å². The standard InChI is InChI=1S/C10H21N2O5/c13-4-3-11-1-2-12-6-7-5-8(14)9(15)10(16)17-7/h7-15H,1-6H2/q-1. The maximum absolute atomic E-state index is 11.2. The molecule has 7 nitrogen and oxygen atoms in total. The lowest BCUT2D eigenvalue weighted by atomic mass is 10.0. The SMILES string of the molecule is [O-]C1OC(CNCCNCCO)CC(O)C1O. The Morgan fingerprint density at radius 2 is 1.88 bits per heavy atom. The smallest absolute Gasteiger partial charge is 0.0910 e. The molecular weight excluding hydrogens is 228 g/mol. The number of aliphatic hydroxyl groups excluding tert-OH is 3. The van der Waals surface area contributed by atoms with E-state index in [0.717, 1.165) is 0 Å². The highest BCUT2D eigenvalue weighted by Crippen LogP contribution is 2.16. The number of aliphatic hydroxyl groups is 3. The van der Waals surface area contributed by atoms with E-state index >= 15 is 0 Å². The molecule has 0 saturated carbocycles. The summed E-state index contributed by atoms with van der Waals surface area (Å²) >= 11 is 0. The Labute approximate surface area is 100 Å². The summed E-state index contributed by atoms with van der Waals surface area (Å²) in [5.74, 6) is 0. The average molecular weight is 249 g/mol. The van der Waals surface area contributed by atoms with Crippen LogP contribution in [0.15, 0.2) is 0 Å². The second-order valence-corrected chi connectivity index (χ2v) is 4.10. The molecule has 5 N–H and O–H groups in total. The van der Waals surface area contributed by atoms with Crippen LogP contribution in [-0.4, -0.2) is 72.7 Å². The maximum Gasteiger partial charge on any atom is 0.0910 e. The second-order valence-electron chi connectivity index (χ2n) is 4.10. The molecule has 1 saturated heterocycles. The topological polar surface area (TPSA) is 117 Å². The van der Waals surface area contributed by atoms with Crippen molar-refractivity contribution >= 4 is 0 Å². The molecule has 0 bridgehead atoms. The van der Waals surface area contributed by atoms with Crippen molar-refractivity contribution in [2.24, 2.45) is 0 Å². The van der Waals surface area contributed by atoms with Gasteiger partial charge in [0, 0.05) is 38.9 Å². The van der Waals surface area contributed by atoms with Crippen LogP contribution in [0.3, 0.4) is 0 Å². The lowest BCUT2D eigenvalue weighted by molar-refractivity contribution is -0.526. The third-order valence-electron chi connectivity index (χ3n) is 2.64. The molecule has 1 aliphatic heterocycles. The van der Waals surface area contributed by atoms with Crippen molar-refractivity contribution in [2.45, 2.75) is 31.0 Å². The molecule has 1 aliphatic rings. The molecule has 0 aromatic carbocycles. The first-order valence-corrected chi connectivity index (χ1v) is 5.85. The molecule has 102 valence electrons. The first-order valence-electron chi connectivity index (χ1n) is 5.85. The van der Waals surface area contributed by atoms with Crippen LogP contribution in [0.5, 0.6) is 0 Å². The van der Waals surface area contributed by atoms with Crippen LogP contribution in [-0.2, 0) is 4.74 Å². The Bertz CT molecular complexity index is 195. The highest BCUT2D eigenvalue weighted by Gasteiger charge is 2.30. The maximum atomic E-state index is 11.2. The summed E-state index contributed by atoms with van der Waals surface area (Å²) in [4.78, 5) is 0. The van der Waals surface area contributed by atoms with Gasteiger partial charge in [-0.2, -0.15) is 0 Å². The quantitative estimate of drug-likeness (QED) is 0.295. The monoisotopic (exact) mass is 249 g/mol. The number of nitrogens with one attached hydrogen (secondary N) is 2. The summed E-state index contributed by atoms with van der Waals surface area (Å²) in [5, 5.41) is 44.3. The van der Waals surface area contributed by atoms with Crippen molar-refractivity contribution in [2.75, 3.05) is 32.8 Å². The molecular formula is C10H21N2O5-. The molecule has 4 unspecified atom stereocenters. The van der Waals surface area contributed by atoms with E-state index in [2.05, 4.69) is 10.6 Å². The molecule has 1 fully saturated rings. The van der Waals surface area contributed by atoms with Crippen LogP contribution >= 0.6 is 0 Å². The molecule has 0 aromatic rings. The first-order chi connectivity index (χ1) is 8.15. The van der Waals surface area contributed by atoms with Gasteiger partial charge in [-0.15, -0.1) is 0 Å². The number of hydrogen-bond acceptors (Lipinski definition) is 7. The summed E-state index contributed by atoms with van der Waals surface area (Å²) in [6.07, 6.45) is -4.02. The van der Waals surface area contributed by atoms with E-state index in [1.54, 1.807) is 0 Å². The van der Waals surface area contributed by atoms with E-state index in [-0.39, 0.29) is 19.1 Å². The first kappa shape index (κ1) is 14.8. The van der Waals surface area contributed by atoms with Crippen LogP contribution in [0.1, 0.15) is 6.42 Å². The highest BCUT2D eigenvalue weighted by atomic mass is 16.6. The van der Waals surface area contributed by atoms with Gasteiger partial charge in [-0.1, -0.05) is 0 Å². The molecule has 7 heteroatoms. The van der Waals surface area contributed by atoms with Crippen molar-refractivity contribution in [3.05, 3.63) is 0 Å². The fourth-order valence-corrected chi connectivity index (χ4v) is 1.69. The summed E-state index contributed by atoms with van der Waals surface area (Å²) in [5.41, 5.74) is 0. The molecule has 0 aliphatic carbocycles. The van der Waals surface area contributed by atoms with Crippen molar-refractivity contribution in [1.82, 2.24) is 10.6 Å². The van der Waals surface area contributed by atoms with E-state index in [4.69, 9.17) is 9.84 Å². The molecule has 17 heavy (non-hydrogen) atoms. The van der Waals surface area contributed by atoms with Gasteiger partial charge in [0.05, 0.1) is 24.9 Å². The van der Waals surface area contributed by atoms with Gasteiger partial charge in [-0.05, 0) is 0 Å². The van der Waals surface area contributed by atoms with Gasteiger partial charge in [0.1, 0.15) is 0 Å². The number of hydrogen-bond donors (Lipinski definition) is 5. The third kappa shape index (κ3) is 5.26. The lowest BCUT2D eigenvalue weighted by Gasteiger charge is -2.41. The largest absolute Gasteiger partial charge is 0.829 e. The molecule has 0 amide bonds. The van der Waals surface area contributed by atoms with Crippen molar-refractivity contribution in [3.8, 4) is 0 Å². The Morgan fingerprint density at radius 3 is 2.53 bits per heavy atom. The highest BCUT2D eigenvalue weighted by molar-refractivity contribution is 4.80. The zero-order valence-electron chi connectivity index (χ0n) is 9.71. The number of rotatable bonds is 7. The minimum Gasteiger partial charge on any atom is -0.829 e. The minimum atomic E-state index is -1.57. The molecule has 0 spiro atoms.